The average molecular weight is 401 g/mol. The van der Waals surface area contributed by atoms with Crippen LogP contribution >= 0.6 is 0 Å². The fourth-order valence-electron chi connectivity index (χ4n) is 2.79. The Hall–Kier alpha value is -1.47. The Morgan fingerprint density at radius 1 is 1.04 bits per heavy atom. The summed E-state index contributed by atoms with van der Waals surface area (Å²) in [5.74, 6) is 0.178. The van der Waals surface area contributed by atoms with Crippen molar-refractivity contribution >= 4 is 17.6 Å². The first-order chi connectivity index (χ1) is 13.0. The molecule has 0 aromatic carbocycles. The molecule has 7 nitrogen and oxygen atoms in total. The van der Waals surface area contributed by atoms with Gasteiger partial charge in [-0.2, -0.15) is 0 Å². The largest absolute Gasteiger partial charge is 0.388 e. The molecule has 2 N–H and O–H groups in total. The van der Waals surface area contributed by atoms with Gasteiger partial charge in [0.15, 0.2) is 5.78 Å². The Balaban J connectivity index is 0.00000227. The van der Waals surface area contributed by atoms with Crippen LogP contribution in [0, 0.1) is 17.8 Å². The van der Waals surface area contributed by atoms with Gasteiger partial charge in [-0.3, -0.25) is 14.4 Å². The Labute approximate surface area is 170 Å². The summed E-state index contributed by atoms with van der Waals surface area (Å²) in [5.41, 5.74) is -0.760. The lowest BCUT2D eigenvalue weighted by Gasteiger charge is -2.21. The zero-order chi connectivity index (χ0) is 21.9. The quantitative estimate of drug-likeness (QED) is 0.519. The van der Waals surface area contributed by atoms with E-state index >= 15 is 0 Å². The molecule has 1 fully saturated rings. The molecular formula is C21H40N2O5. The number of hydrogen-bond acceptors (Lipinski definition) is 5. The molecule has 1 aliphatic rings. The highest BCUT2D eigenvalue weighted by molar-refractivity contribution is 5.97. The van der Waals surface area contributed by atoms with Gasteiger partial charge >= 0.3 is 0 Å². The van der Waals surface area contributed by atoms with E-state index in [1.807, 2.05) is 6.92 Å². The van der Waals surface area contributed by atoms with E-state index in [1.54, 1.807) is 21.1 Å². The summed E-state index contributed by atoms with van der Waals surface area (Å²) in [6.07, 6.45) is 2.20. The second kappa shape index (κ2) is 12.9. The van der Waals surface area contributed by atoms with Gasteiger partial charge in [0.1, 0.15) is 5.60 Å². The van der Waals surface area contributed by atoms with Crippen molar-refractivity contribution in [2.24, 2.45) is 17.8 Å². The monoisotopic (exact) mass is 400 g/mol. The molecule has 1 aliphatic heterocycles. The molecule has 3 atom stereocenters. The van der Waals surface area contributed by atoms with Gasteiger partial charge in [-0.1, -0.05) is 34.6 Å². The van der Waals surface area contributed by atoms with E-state index in [0.717, 1.165) is 12.8 Å². The molecule has 28 heavy (non-hydrogen) atoms. The number of amides is 2. The molecule has 2 amide bonds. The van der Waals surface area contributed by atoms with Gasteiger partial charge in [-0.05, 0) is 38.0 Å². The number of ether oxygens (including phenoxy) is 2. The number of rotatable bonds is 11. The zero-order valence-corrected chi connectivity index (χ0v) is 18.9. The third-order valence-electron chi connectivity index (χ3n) is 4.48. The molecule has 1 saturated heterocycles. The summed E-state index contributed by atoms with van der Waals surface area (Å²) >= 11 is 0. The van der Waals surface area contributed by atoms with Crippen LogP contribution in [0.25, 0.3) is 0 Å². The summed E-state index contributed by atoms with van der Waals surface area (Å²) in [6, 6.07) is -0.563. The van der Waals surface area contributed by atoms with Crippen molar-refractivity contribution in [2.75, 3.05) is 27.4 Å². The van der Waals surface area contributed by atoms with Crippen molar-refractivity contribution in [1.29, 1.82) is 0 Å². The number of Topliss-reactive ketones (excluding diaryl/α,β-unsaturated/α-hetero) is 1. The predicted molar refractivity (Wildman–Crippen MR) is 110 cm³/mol. The number of hydrogen-bond donors (Lipinski definition) is 2. The van der Waals surface area contributed by atoms with Crippen LogP contribution in [0.5, 0.6) is 0 Å². The van der Waals surface area contributed by atoms with Crippen molar-refractivity contribution in [1.82, 2.24) is 10.6 Å². The molecule has 7 heteroatoms. The molecule has 0 aromatic heterocycles. The molecule has 0 radical (unpaired) electrons. The van der Waals surface area contributed by atoms with Crippen LogP contribution in [0.2, 0.25) is 0 Å². The number of ketones is 1. The van der Waals surface area contributed by atoms with Crippen LogP contribution in [0.4, 0.5) is 0 Å². The smallest absolute Gasteiger partial charge is 0.239 e. The lowest BCUT2D eigenvalue weighted by Crippen LogP contribution is -2.49. The minimum Gasteiger partial charge on any atom is -0.388 e. The molecular weight excluding hydrogens is 360 g/mol. The Morgan fingerprint density at radius 2 is 1.57 bits per heavy atom. The van der Waals surface area contributed by atoms with Gasteiger partial charge in [-0.15, -0.1) is 0 Å². The van der Waals surface area contributed by atoms with Gasteiger partial charge in [0.2, 0.25) is 11.8 Å². The topological polar surface area (TPSA) is 97.0 Å². The van der Waals surface area contributed by atoms with E-state index < -0.39 is 11.6 Å². The number of methoxy groups -OCH3 is 1. The summed E-state index contributed by atoms with van der Waals surface area (Å²) in [6.45, 7) is 12.2. The highest BCUT2D eigenvalue weighted by Gasteiger charge is 2.49. The number of nitrogens with one attached hydrogen (secondary N) is 2. The first-order valence-corrected chi connectivity index (χ1v) is 10.1. The van der Waals surface area contributed by atoms with Crippen molar-refractivity contribution in [3.05, 3.63) is 0 Å². The normalized spacial score (nSPS) is 20.1. The Bertz CT molecular complexity index is 501. The van der Waals surface area contributed by atoms with Crippen molar-refractivity contribution < 1.29 is 23.9 Å². The average Bonchev–Trinajstić information content (AvgIpc) is 3.34. The molecule has 0 saturated carbocycles. The summed E-state index contributed by atoms with van der Waals surface area (Å²) < 4.78 is 9.47. The maximum Gasteiger partial charge on any atom is 0.239 e. The third kappa shape index (κ3) is 10.8. The Morgan fingerprint density at radius 3 is 2.00 bits per heavy atom. The fourth-order valence-corrected chi connectivity index (χ4v) is 2.79. The van der Waals surface area contributed by atoms with Crippen molar-refractivity contribution in [3.63, 3.8) is 0 Å². The fraction of sp³-hybridized carbons (Fsp3) is 0.857. The maximum absolute atomic E-state index is 12.5. The summed E-state index contributed by atoms with van der Waals surface area (Å²) in [7, 11) is 3.25. The van der Waals surface area contributed by atoms with Crippen LogP contribution in [0.1, 0.15) is 60.8 Å². The van der Waals surface area contributed by atoms with E-state index in [1.165, 1.54) is 0 Å². The van der Waals surface area contributed by atoms with Gasteiger partial charge in [0.25, 0.3) is 0 Å². The lowest BCUT2D eigenvalue weighted by atomic mass is 9.94. The summed E-state index contributed by atoms with van der Waals surface area (Å²) in [5, 5.41) is 5.43. The molecule has 0 spiro atoms. The SMILES string of the molecule is CC(C)CCC(NC(=O)CNC(=O)[C@@H](C)CC(C)C)C(=O)C1(C)CO1.COC. The molecule has 0 aliphatic carbocycles. The van der Waals surface area contributed by atoms with E-state index in [9.17, 15) is 14.4 Å². The van der Waals surface area contributed by atoms with Gasteiger partial charge < -0.3 is 20.1 Å². The molecule has 2 unspecified atom stereocenters. The first-order valence-electron chi connectivity index (χ1n) is 10.1. The Kier molecular flexibility index (Phi) is 12.2. The molecule has 0 bridgehead atoms. The van der Waals surface area contributed by atoms with Crippen LogP contribution in [0.15, 0.2) is 0 Å². The third-order valence-corrected chi connectivity index (χ3v) is 4.48. The molecule has 1 rings (SSSR count). The molecule has 1 heterocycles. The summed E-state index contributed by atoms with van der Waals surface area (Å²) in [4.78, 5) is 36.7. The van der Waals surface area contributed by atoms with Gasteiger partial charge in [-0.25, -0.2) is 0 Å². The maximum atomic E-state index is 12.5. The number of epoxide rings is 1. The van der Waals surface area contributed by atoms with Gasteiger partial charge in [0, 0.05) is 20.1 Å². The van der Waals surface area contributed by atoms with E-state index in [4.69, 9.17) is 4.74 Å². The number of carbonyl (C=O) groups excluding carboxylic acids is 3. The van der Waals surface area contributed by atoms with Crippen LogP contribution in [-0.2, 0) is 23.9 Å². The van der Waals surface area contributed by atoms with E-state index in [0.29, 0.717) is 24.9 Å². The van der Waals surface area contributed by atoms with Gasteiger partial charge in [0.05, 0.1) is 19.2 Å². The lowest BCUT2D eigenvalue weighted by molar-refractivity contribution is -0.131. The highest BCUT2D eigenvalue weighted by atomic mass is 16.6. The molecule has 0 aromatic rings. The minimum absolute atomic E-state index is 0.0824. The van der Waals surface area contributed by atoms with Crippen molar-refractivity contribution in [3.8, 4) is 0 Å². The van der Waals surface area contributed by atoms with Crippen molar-refractivity contribution in [2.45, 2.75) is 72.4 Å². The zero-order valence-electron chi connectivity index (χ0n) is 18.9. The van der Waals surface area contributed by atoms with Crippen LogP contribution in [0.3, 0.4) is 0 Å². The second-order valence-corrected chi connectivity index (χ2v) is 8.63. The molecule has 164 valence electrons. The first kappa shape index (κ1) is 26.5. The van der Waals surface area contributed by atoms with Crippen LogP contribution in [-0.4, -0.2) is 56.6 Å². The standard InChI is InChI=1S/C19H34N2O4.C2H6O/c1-12(2)7-8-15(17(23)19(6)11-25-19)21-16(22)10-20-18(24)14(5)9-13(3)4;1-3-2/h12-15H,7-11H2,1-6H3,(H,20,24)(H,21,22);1-2H3/t14-,15?,19?;/m0./s1. The number of carbonyl (C=O) groups is 3. The van der Waals surface area contributed by atoms with E-state index in [2.05, 4.69) is 43.1 Å². The van der Waals surface area contributed by atoms with Crippen LogP contribution < -0.4 is 10.6 Å². The minimum atomic E-state index is -0.760. The second-order valence-electron chi connectivity index (χ2n) is 8.63. The van der Waals surface area contributed by atoms with E-state index in [-0.39, 0.29) is 30.1 Å². The highest BCUT2D eigenvalue weighted by Crippen LogP contribution is 2.29. The predicted octanol–water partition coefficient (Wildman–Crippen LogP) is 2.33.